The van der Waals surface area contributed by atoms with Crippen LogP contribution < -0.4 is 16.0 Å². The number of hydrogen-bond acceptors (Lipinski definition) is 7. The number of hydrogen-bond donors (Lipinski definition) is 3. The predicted octanol–water partition coefficient (Wildman–Crippen LogP) is 2.49. The second-order valence-corrected chi connectivity index (χ2v) is 7.44. The van der Waals surface area contributed by atoms with Crippen molar-refractivity contribution in [3.63, 3.8) is 0 Å². The van der Waals surface area contributed by atoms with E-state index in [2.05, 4.69) is 26.0 Å². The van der Waals surface area contributed by atoms with Gasteiger partial charge in [0.2, 0.25) is 5.91 Å². The molecule has 1 aromatic carbocycles. The molecule has 0 atom stereocenters. The van der Waals surface area contributed by atoms with Gasteiger partial charge in [-0.25, -0.2) is 9.37 Å². The molecule has 9 nitrogen and oxygen atoms in total. The fourth-order valence-electron chi connectivity index (χ4n) is 3.32. The van der Waals surface area contributed by atoms with E-state index in [4.69, 9.17) is 5.26 Å². The van der Waals surface area contributed by atoms with Crippen molar-refractivity contribution >= 4 is 40.9 Å². The Morgan fingerprint density at radius 2 is 2.13 bits per heavy atom. The highest BCUT2D eigenvalue weighted by Crippen LogP contribution is 2.29. The third-order valence-electron chi connectivity index (χ3n) is 5.01. The number of aromatic nitrogens is 3. The maximum Gasteiger partial charge on any atom is 0.254 e. The van der Waals surface area contributed by atoms with Crippen molar-refractivity contribution in [3.8, 4) is 6.07 Å². The zero-order valence-corrected chi connectivity index (χ0v) is 16.1. The van der Waals surface area contributed by atoms with Crippen molar-refractivity contribution < 1.29 is 14.0 Å². The maximum atomic E-state index is 14.3. The van der Waals surface area contributed by atoms with Gasteiger partial charge in [0.1, 0.15) is 17.5 Å². The van der Waals surface area contributed by atoms with E-state index in [0.717, 1.165) is 12.8 Å². The smallest absolute Gasteiger partial charge is 0.254 e. The van der Waals surface area contributed by atoms with E-state index in [9.17, 15) is 14.0 Å². The molecular weight excluding hydrogens is 401 g/mol. The Bertz CT molecular complexity index is 1320. The standard InChI is InChI=1S/C21H16FN7O2/c22-15-4-1-11(9-23)5-16(15)26-17-8-18(25-14-2-3-14)29-20(27-17)13(10-24-29)6-12-7-19(30)28-21(12)31/h1,4-6,8,10,14,25H,2-3,7H2,(H,26,27)(H,28,30,31)/b12-6+. The van der Waals surface area contributed by atoms with Gasteiger partial charge in [0.15, 0.2) is 5.65 Å². The van der Waals surface area contributed by atoms with Gasteiger partial charge in [-0.1, -0.05) is 0 Å². The van der Waals surface area contributed by atoms with Crippen molar-refractivity contribution in [2.75, 3.05) is 10.6 Å². The van der Waals surface area contributed by atoms with Crippen LogP contribution in [0.1, 0.15) is 30.4 Å². The fraction of sp³-hybridized carbons (Fsp3) is 0.190. The van der Waals surface area contributed by atoms with E-state index in [1.165, 1.54) is 18.2 Å². The van der Waals surface area contributed by atoms with Gasteiger partial charge in [0, 0.05) is 23.2 Å². The number of nitrogens with zero attached hydrogens (tertiary/aromatic N) is 4. The molecule has 2 aliphatic rings. The molecule has 0 bridgehead atoms. The summed E-state index contributed by atoms with van der Waals surface area (Å²) in [6, 6.07) is 8.03. The highest BCUT2D eigenvalue weighted by Gasteiger charge is 2.26. The number of fused-ring (bicyclic) bond motifs is 1. The summed E-state index contributed by atoms with van der Waals surface area (Å²) >= 11 is 0. The van der Waals surface area contributed by atoms with Gasteiger partial charge in [-0.2, -0.15) is 14.9 Å². The highest BCUT2D eigenvalue weighted by atomic mass is 19.1. The van der Waals surface area contributed by atoms with Gasteiger partial charge in [-0.15, -0.1) is 0 Å². The molecule has 0 radical (unpaired) electrons. The molecule has 3 heterocycles. The summed E-state index contributed by atoms with van der Waals surface area (Å²) in [5.74, 6) is -0.313. The summed E-state index contributed by atoms with van der Waals surface area (Å²) in [4.78, 5) is 28.0. The Morgan fingerprint density at radius 3 is 2.84 bits per heavy atom. The van der Waals surface area contributed by atoms with Crippen LogP contribution in [0.5, 0.6) is 0 Å². The lowest BCUT2D eigenvalue weighted by Gasteiger charge is -2.12. The van der Waals surface area contributed by atoms with Crippen LogP contribution in [0.25, 0.3) is 11.7 Å². The second-order valence-electron chi connectivity index (χ2n) is 7.44. The number of benzene rings is 1. The predicted molar refractivity (Wildman–Crippen MR) is 110 cm³/mol. The summed E-state index contributed by atoms with van der Waals surface area (Å²) in [5, 5.41) is 22.0. The molecule has 5 rings (SSSR count). The van der Waals surface area contributed by atoms with E-state index >= 15 is 0 Å². The molecule has 2 fully saturated rings. The molecular formula is C21H16FN7O2. The Hall–Kier alpha value is -4.26. The van der Waals surface area contributed by atoms with E-state index in [1.807, 2.05) is 6.07 Å². The van der Waals surface area contributed by atoms with Crippen molar-refractivity contribution in [2.24, 2.45) is 0 Å². The summed E-state index contributed by atoms with van der Waals surface area (Å²) in [6.07, 6.45) is 5.20. The molecule has 2 amide bonds. The summed E-state index contributed by atoms with van der Waals surface area (Å²) in [6.45, 7) is 0. The minimum absolute atomic E-state index is 0.00649. The van der Waals surface area contributed by atoms with Crippen LogP contribution in [-0.2, 0) is 9.59 Å². The van der Waals surface area contributed by atoms with Gasteiger partial charge in [-0.3, -0.25) is 14.9 Å². The van der Waals surface area contributed by atoms with Gasteiger partial charge >= 0.3 is 0 Å². The summed E-state index contributed by atoms with van der Waals surface area (Å²) in [5.41, 5.74) is 1.74. The van der Waals surface area contributed by atoms with Crippen molar-refractivity contribution in [1.29, 1.82) is 5.26 Å². The van der Waals surface area contributed by atoms with Crippen LogP contribution in [0, 0.1) is 17.1 Å². The lowest BCUT2D eigenvalue weighted by atomic mass is 10.1. The van der Waals surface area contributed by atoms with Gasteiger partial charge in [0.25, 0.3) is 5.91 Å². The first-order valence-corrected chi connectivity index (χ1v) is 9.67. The first-order valence-electron chi connectivity index (χ1n) is 9.67. The monoisotopic (exact) mass is 417 g/mol. The number of carbonyl (C=O) groups is 2. The fourth-order valence-corrected chi connectivity index (χ4v) is 3.32. The van der Waals surface area contributed by atoms with Gasteiger partial charge in [0.05, 0.1) is 29.9 Å². The number of nitriles is 1. The molecule has 2 aromatic heterocycles. The molecule has 0 spiro atoms. The van der Waals surface area contributed by atoms with Crippen LogP contribution in [0.15, 0.2) is 36.0 Å². The number of nitrogens with one attached hydrogen (secondary N) is 3. The van der Waals surface area contributed by atoms with Crippen LogP contribution in [-0.4, -0.2) is 32.5 Å². The van der Waals surface area contributed by atoms with E-state index < -0.39 is 11.7 Å². The molecule has 1 aliphatic heterocycles. The summed E-state index contributed by atoms with van der Waals surface area (Å²) < 4.78 is 15.9. The quantitative estimate of drug-likeness (QED) is 0.430. The largest absolute Gasteiger partial charge is 0.367 e. The summed E-state index contributed by atoms with van der Waals surface area (Å²) in [7, 11) is 0. The van der Waals surface area contributed by atoms with E-state index in [-0.39, 0.29) is 18.0 Å². The Morgan fingerprint density at radius 1 is 1.29 bits per heavy atom. The molecule has 154 valence electrons. The average Bonchev–Trinajstić information content (AvgIpc) is 3.38. The van der Waals surface area contributed by atoms with Crippen LogP contribution >= 0.6 is 0 Å². The zero-order valence-electron chi connectivity index (χ0n) is 16.1. The lowest BCUT2D eigenvalue weighted by Crippen LogP contribution is -2.19. The first kappa shape index (κ1) is 18.7. The van der Waals surface area contributed by atoms with Crippen molar-refractivity contribution in [1.82, 2.24) is 19.9 Å². The van der Waals surface area contributed by atoms with Crippen LogP contribution in [0.4, 0.5) is 21.7 Å². The molecule has 31 heavy (non-hydrogen) atoms. The second kappa shape index (κ2) is 7.21. The van der Waals surface area contributed by atoms with Gasteiger partial charge < -0.3 is 10.6 Å². The minimum Gasteiger partial charge on any atom is -0.367 e. The topological polar surface area (TPSA) is 124 Å². The third kappa shape index (κ3) is 3.69. The average molecular weight is 417 g/mol. The molecule has 1 saturated heterocycles. The number of carbonyl (C=O) groups excluding carboxylic acids is 2. The van der Waals surface area contributed by atoms with Gasteiger partial charge in [-0.05, 0) is 37.1 Å². The molecule has 0 unspecified atom stereocenters. The highest BCUT2D eigenvalue weighted by molar-refractivity contribution is 6.15. The number of anilines is 3. The van der Waals surface area contributed by atoms with E-state index in [0.29, 0.717) is 40.0 Å². The van der Waals surface area contributed by atoms with Crippen LogP contribution in [0.3, 0.4) is 0 Å². The molecule has 3 N–H and O–H groups in total. The first-order chi connectivity index (χ1) is 15.0. The number of imide groups is 1. The van der Waals surface area contributed by atoms with Crippen LogP contribution in [0.2, 0.25) is 0 Å². The van der Waals surface area contributed by atoms with Crippen molar-refractivity contribution in [3.05, 3.63) is 53.0 Å². The molecule has 1 saturated carbocycles. The third-order valence-corrected chi connectivity index (χ3v) is 5.01. The van der Waals surface area contributed by atoms with Crippen molar-refractivity contribution in [2.45, 2.75) is 25.3 Å². The van der Waals surface area contributed by atoms with E-state index in [1.54, 1.807) is 22.9 Å². The Kier molecular flexibility index (Phi) is 4.36. The minimum atomic E-state index is -0.519. The number of halogens is 1. The molecule has 1 aliphatic carbocycles. The number of amides is 2. The molecule has 10 heteroatoms. The molecule has 3 aromatic rings. The Labute approximate surface area is 175 Å². The SMILES string of the molecule is N#Cc1ccc(F)c(Nc2cc(NC3CC3)n3ncc(/C=C4\CC(=O)NC4=O)c3n2)c1. The maximum absolute atomic E-state index is 14.3. The number of rotatable bonds is 5. The zero-order chi connectivity index (χ0) is 21.5. The normalized spacial score (nSPS) is 17.1. The lowest BCUT2D eigenvalue weighted by molar-refractivity contribution is -0.124. The Balaban J connectivity index is 1.59.